The van der Waals surface area contributed by atoms with E-state index in [1.807, 2.05) is 44.2 Å². The van der Waals surface area contributed by atoms with Gasteiger partial charge in [0.2, 0.25) is 5.91 Å². The maximum absolute atomic E-state index is 13.3. The van der Waals surface area contributed by atoms with E-state index in [-0.39, 0.29) is 17.1 Å². The molecule has 4 rings (SSSR count). The highest BCUT2D eigenvalue weighted by molar-refractivity contribution is 6.02. The largest absolute Gasteiger partial charge is 0.508 e. The summed E-state index contributed by atoms with van der Waals surface area (Å²) in [6.45, 7) is 11.6. The Morgan fingerprint density at radius 2 is 1.91 bits per heavy atom. The number of aryl methyl sites for hydroxylation is 1. The van der Waals surface area contributed by atoms with Gasteiger partial charge in [-0.3, -0.25) is 4.79 Å². The van der Waals surface area contributed by atoms with Crippen LogP contribution in [0.1, 0.15) is 57.4 Å². The summed E-state index contributed by atoms with van der Waals surface area (Å²) < 4.78 is 7.57. The van der Waals surface area contributed by atoms with E-state index in [4.69, 9.17) is 4.74 Å². The molecule has 1 aromatic heterocycles. The number of aliphatic hydroxyl groups is 1. The van der Waals surface area contributed by atoms with Crippen LogP contribution in [0.5, 0.6) is 5.75 Å². The number of carbonyl (C=O) groups is 1. The lowest BCUT2D eigenvalue weighted by Crippen LogP contribution is -2.27. The van der Waals surface area contributed by atoms with E-state index in [1.165, 1.54) is 0 Å². The van der Waals surface area contributed by atoms with Gasteiger partial charge in [-0.05, 0) is 68.1 Å². The molecule has 1 atom stereocenters. The van der Waals surface area contributed by atoms with Crippen molar-refractivity contribution >= 4 is 22.5 Å². The lowest BCUT2D eigenvalue weighted by atomic mass is 9.92. The Morgan fingerprint density at radius 3 is 2.53 bits per heavy atom. The van der Waals surface area contributed by atoms with Crippen LogP contribution < -0.4 is 5.32 Å². The Bertz CT molecular complexity index is 1200. The number of fused-ring (bicyclic) bond motifs is 1. The van der Waals surface area contributed by atoms with Crippen molar-refractivity contribution in [1.29, 1.82) is 0 Å². The predicted octanol–water partition coefficient (Wildman–Crippen LogP) is 5.02. The Labute approximate surface area is 201 Å². The van der Waals surface area contributed by atoms with Gasteiger partial charge in [0.15, 0.2) is 0 Å². The van der Waals surface area contributed by atoms with Crippen molar-refractivity contribution < 1.29 is 19.7 Å². The molecule has 1 aliphatic carbocycles. The number of carbonyl (C=O) groups excluding carboxylic acids is 1. The number of hydrogen-bond donors (Lipinski definition) is 3. The number of amides is 1. The van der Waals surface area contributed by atoms with Crippen LogP contribution in [-0.4, -0.2) is 40.0 Å². The molecule has 6 heteroatoms. The molecule has 2 aromatic carbocycles. The fourth-order valence-electron chi connectivity index (χ4n) is 4.66. The van der Waals surface area contributed by atoms with Crippen molar-refractivity contribution in [3.8, 4) is 5.75 Å². The van der Waals surface area contributed by atoms with Crippen LogP contribution in [0.2, 0.25) is 0 Å². The zero-order valence-electron chi connectivity index (χ0n) is 20.8. The van der Waals surface area contributed by atoms with Gasteiger partial charge in [0, 0.05) is 34.3 Å². The van der Waals surface area contributed by atoms with E-state index in [9.17, 15) is 15.0 Å². The van der Waals surface area contributed by atoms with Crippen LogP contribution in [-0.2, 0) is 26.9 Å². The number of aromatic hydroxyl groups is 1. The van der Waals surface area contributed by atoms with E-state index in [0.717, 1.165) is 46.3 Å². The Balaban J connectivity index is 1.61. The van der Waals surface area contributed by atoms with Gasteiger partial charge in [0.05, 0.1) is 24.7 Å². The van der Waals surface area contributed by atoms with Crippen LogP contribution in [0.3, 0.4) is 0 Å². The van der Waals surface area contributed by atoms with E-state index >= 15 is 0 Å². The topological polar surface area (TPSA) is 83.7 Å². The SMILES string of the molecule is CCOCC(O)Cn1c(C(C)(C)C)cc2cc(NC(=O)C3(c4ccc(O)c(C)c4)CC3)ccc21. The average Bonchev–Trinajstić information content (AvgIpc) is 3.51. The van der Waals surface area contributed by atoms with E-state index in [1.54, 1.807) is 6.07 Å². The number of phenols is 1. The number of phenolic OH excluding ortho intramolecular Hbond substituents is 1. The minimum atomic E-state index is -0.598. The summed E-state index contributed by atoms with van der Waals surface area (Å²) in [7, 11) is 0. The smallest absolute Gasteiger partial charge is 0.235 e. The number of anilines is 1. The minimum Gasteiger partial charge on any atom is -0.508 e. The number of benzene rings is 2. The Kier molecular flexibility index (Phi) is 6.49. The lowest BCUT2D eigenvalue weighted by molar-refractivity contribution is -0.118. The van der Waals surface area contributed by atoms with E-state index in [0.29, 0.717) is 19.8 Å². The molecular formula is C28H36N2O4. The zero-order valence-corrected chi connectivity index (χ0v) is 20.8. The average molecular weight is 465 g/mol. The van der Waals surface area contributed by atoms with Gasteiger partial charge in [0.1, 0.15) is 5.75 Å². The second-order valence-corrected chi connectivity index (χ2v) is 10.5. The molecule has 0 aliphatic heterocycles. The van der Waals surface area contributed by atoms with Crippen LogP contribution >= 0.6 is 0 Å². The molecule has 3 N–H and O–H groups in total. The molecule has 0 spiro atoms. The van der Waals surface area contributed by atoms with Gasteiger partial charge in [0.25, 0.3) is 0 Å². The summed E-state index contributed by atoms with van der Waals surface area (Å²) in [6, 6.07) is 13.5. The molecule has 1 saturated carbocycles. The maximum Gasteiger partial charge on any atom is 0.235 e. The number of aromatic nitrogens is 1. The zero-order chi connectivity index (χ0) is 24.7. The number of ether oxygens (including phenoxy) is 1. The first-order valence-electron chi connectivity index (χ1n) is 12.1. The lowest BCUT2D eigenvalue weighted by Gasteiger charge is -2.23. The molecule has 34 heavy (non-hydrogen) atoms. The molecule has 1 aliphatic rings. The number of nitrogens with zero attached hydrogens (tertiary/aromatic N) is 1. The Hall–Kier alpha value is -2.83. The molecule has 182 valence electrons. The van der Waals surface area contributed by atoms with Gasteiger partial charge in [-0.15, -0.1) is 0 Å². The monoisotopic (exact) mass is 464 g/mol. The molecule has 1 unspecified atom stereocenters. The van der Waals surface area contributed by atoms with E-state index in [2.05, 4.69) is 36.7 Å². The normalized spacial score (nSPS) is 15.9. The summed E-state index contributed by atoms with van der Waals surface area (Å²) in [5, 5.41) is 24.5. The van der Waals surface area contributed by atoms with Crippen LogP contribution in [0, 0.1) is 6.92 Å². The quantitative estimate of drug-likeness (QED) is 0.437. The molecular weight excluding hydrogens is 428 g/mol. The number of hydrogen-bond acceptors (Lipinski definition) is 4. The second-order valence-electron chi connectivity index (χ2n) is 10.5. The van der Waals surface area contributed by atoms with Crippen LogP contribution in [0.4, 0.5) is 5.69 Å². The summed E-state index contributed by atoms with van der Waals surface area (Å²) >= 11 is 0. The van der Waals surface area contributed by atoms with Crippen molar-refractivity contribution in [3.63, 3.8) is 0 Å². The standard InChI is InChI=1S/C28H36N2O4/c1-6-34-17-22(31)16-30-23-9-8-21(14-19(23)15-25(30)27(3,4)5)29-26(33)28(11-12-28)20-7-10-24(32)18(2)13-20/h7-10,13-15,22,31-32H,6,11-12,16-17H2,1-5H3,(H,29,33). The molecule has 3 aromatic rings. The minimum absolute atomic E-state index is 0.0143. The first-order chi connectivity index (χ1) is 16.0. The fourth-order valence-corrected chi connectivity index (χ4v) is 4.66. The summed E-state index contributed by atoms with van der Waals surface area (Å²) in [6.07, 6.45) is 1.00. The van der Waals surface area contributed by atoms with Crippen molar-refractivity contribution in [1.82, 2.24) is 4.57 Å². The molecule has 0 radical (unpaired) electrons. The van der Waals surface area contributed by atoms with Crippen molar-refractivity contribution in [2.45, 2.75) is 70.9 Å². The molecule has 1 heterocycles. The van der Waals surface area contributed by atoms with Crippen molar-refractivity contribution in [2.75, 3.05) is 18.5 Å². The first kappa shape index (κ1) is 24.3. The molecule has 6 nitrogen and oxygen atoms in total. The second kappa shape index (κ2) is 9.08. The highest BCUT2D eigenvalue weighted by atomic mass is 16.5. The van der Waals surface area contributed by atoms with Crippen molar-refractivity contribution in [2.24, 2.45) is 0 Å². The molecule has 0 saturated heterocycles. The van der Waals surface area contributed by atoms with Gasteiger partial charge >= 0.3 is 0 Å². The van der Waals surface area contributed by atoms with Crippen LogP contribution in [0.15, 0.2) is 42.5 Å². The molecule has 1 amide bonds. The van der Waals surface area contributed by atoms with E-state index < -0.39 is 11.5 Å². The number of nitrogens with one attached hydrogen (secondary N) is 1. The van der Waals surface area contributed by atoms with Crippen LogP contribution in [0.25, 0.3) is 10.9 Å². The van der Waals surface area contributed by atoms with Crippen molar-refractivity contribution in [3.05, 3.63) is 59.3 Å². The fraction of sp³-hybridized carbons (Fsp3) is 0.464. The van der Waals surface area contributed by atoms with Gasteiger partial charge < -0.3 is 24.8 Å². The van der Waals surface area contributed by atoms with Gasteiger partial charge in [-0.2, -0.15) is 0 Å². The Morgan fingerprint density at radius 1 is 1.18 bits per heavy atom. The third-order valence-corrected chi connectivity index (χ3v) is 6.77. The summed E-state index contributed by atoms with van der Waals surface area (Å²) in [5.74, 6) is 0.232. The summed E-state index contributed by atoms with van der Waals surface area (Å²) in [5.41, 5.74) is 3.99. The van der Waals surface area contributed by atoms with Gasteiger partial charge in [-0.1, -0.05) is 32.9 Å². The number of aliphatic hydroxyl groups excluding tert-OH is 1. The predicted molar refractivity (Wildman–Crippen MR) is 136 cm³/mol. The molecule has 1 fully saturated rings. The number of rotatable bonds is 8. The highest BCUT2D eigenvalue weighted by Gasteiger charge is 2.51. The van der Waals surface area contributed by atoms with Gasteiger partial charge in [-0.25, -0.2) is 0 Å². The summed E-state index contributed by atoms with van der Waals surface area (Å²) in [4.78, 5) is 13.3. The molecule has 0 bridgehead atoms. The first-order valence-corrected chi connectivity index (χ1v) is 12.1. The third-order valence-electron chi connectivity index (χ3n) is 6.77. The highest BCUT2D eigenvalue weighted by Crippen LogP contribution is 2.49. The third kappa shape index (κ3) is 4.70. The maximum atomic E-state index is 13.3.